The normalized spacial score (nSPS) is 17.9. The van der Waals surface area contributed by atoms with Gasteiger partial charge < -0.3 is 14.9 Å². The minimum absolute atomic E-state index is 0. The third kappa shape index (κ3) is 3.26. The van der Waals surface area contributed by atoms with Gasteiger partial charge in [-0.05, 0) is 49.6 Å². The molecular weight excluding hydrogens is 516 g/mol. The van der Waals surface area contributed by atoms with E-state index in [0.717, 1.165) is 56.9 Å². The quantitative estimate of drug-likeness (QED) is 0.380. The number of benzene rings is 2. The number of nitrogens with zero attached hydrogens (tertiary/aromatic N) is 3. The maximum absolute atomic E-state index is 13.8. The Bertz CT molecular complexity index is 1520. The molecule has 2 aromatic carbocycles. The molecule has 8 heteroatoms. The van der Waals surface area contributed by atoms with Gasteiger partial charge in [-0.25, -0.2) is 4.90 Å². The van der Waals surface area contributed by atoms with Crippen molar-refractivity contribution >= 4 is 73.2 Å². The summed E-state index contributed by atoms with van der Waals surface area (Å²) in [7, 11) is 1.95. The van der Waals surface area contributed by atoms with Crippen molar-refractivity contribution < 1.29 is 9.59 Å². The highest BCUT2D eigenvalue weighted by atomic mass is 79.9. The average molecular weight is 540 g/mol. The molecule has 6 nitrogen and oxygen atoms in total. The molecule has 2 N–H and O–H groups in total. The number of amides is 2. The predicted molar refractivity (Wildman–Crippen MR) is 141 cm³/mol. The van der Waals surface area contributed by atoms with Crippen molar-refractivity contribution in [3.63, 3.8) is 0 Å². The third-order valence-corrected chi connectivity index (χ3v) is 7.51. The van der Waals surface area contributed by atoms with Crippen LogP contribution < -0.4 is 10.6 Å². The summed E-state index contributed by atoms with van der Waals surface area (Å²) in [6, 6.07) is 14.0. The van der Waals surface area contributed by atoms with Crippen LogP contribution in [0.25, 0.3) is 27.4 Å². The van der Waals surface area contributed by atoms with Crippen molar-refractivity contribution in [1.29, 1.82) is 0 Å². The van der Waals surface area contributed by atoms with Crippen LogP contribution >= 0.6 is 28.3 Å². The molecule has 0 fully saturated rings. The number of aromatic nitrogens is 2. The van der Waals surface area contributed by atoms with Gasteiger partial charge in [0.15, 0.2) is 0 Å². The van der Waals surface area contributed by atoms with Crippen LogP contribution in [-0.2, 0) is 29.6 Å². The second kappa shape index (κ2) is 8.41. The Morgan fingerprint density at radius 3 is 2.68 bits per heavy atom. The molecule has 4 aromatic rings. The Hall–Kier alpha value is -2.87. The summed E-state index contributed by atoms with van der Waals surface area (Å²) in [6.45, 7) is 1.43. The van der Waals surface area contributed by atoms with E-state index in [4.69, 9.17) is 5.73 Å². The second-order valence-corrected chi connectivity index (χ2v) is 9.83. The molecule has 0 aliphatic carbocycles. The lowest BCUT2D eigenvalue weighted by atomic mass is 9.95. The maximum atomic E-state index is 13.8. The van der Waals surface area contributed by atoms with E-state index in [0.29, 0.717) is 23.7 Å². The van der Waals surface area contributed by atoms with Crippen molar-refractivity contribution in [1.82, 2.24) is 9.13 Å². The fourth-order valence-electron chi connectivity index (χ4n) is 5.39. The highest BCUT2D eigenvalue weighted by molar-refractivity contribution is 9.10. The first kappa shape index (κ1) is 22.9. The SMILES string of the molecule is Cl.Cn1cc(C2=CC(=O)N(c3c4n(c5ccccc35)CCC(CN)C4)C2=O)c2cc(Br)ccc21. The smallest absolute Gasteiger partial charge is 0.266 e. The number of hydrogen-bond acceptors (Lipinski definition) is 3. The largest absolute Gasteiger partial charge is 0.350 e. The average Bonchev–Trinajstić information content (AvgIpc) is 3.42. The van der Waals surface area contributed by atoms with Crippen LogP contribution in [0.3, 0.4) is 0 Å². The molecule has 2 aliphatic rings. The van der Waals surface area contributed by atoms with E-state index in [1.165, 1.54) is 11.0 Å². The maximum Gasteiger partial charge on any atom is 0.266 e. The van der Waals surface area contributed by atoms with Gasteiger partial charge in [0.05, 0.1) is 16.8 Å². The summed E-state index contributed by atoms with van der Waals surface area (Å²) in [5.74, 6) is -0.228. The van der Waals surface area contributed by atoms with Gasteiger partial charge in [-0.15, -0.1) is 12.4 Å². The number of fused-ring (bicyclic) bond motifs is 4. The van der Waals surface area contributed by atoms with E-state index >= 15 is 0 Å². The van der Waals surface area contributed by atoms with Crippen molar-refractivity contribution in [2.75, 3.05) is 11.4 Å². The van der Waals surface area contributed by atoms with Crippen LogP contribution in [-0.4, -0.2) is 27.5 Å². The molecule has 0 saturated heterocycles. The highest BCUT2D eigenvalue weighted by Gasteiger charge is 2.39. The van der Waals surface area contributed by atoms with Crippen molar-refractivity contribution in [2.45, 2.75) is 19.4 Å². The van der Waals surface area contributed by atoms with Gasteiger partial charge in [0.1, 0.15) is 0 Å². The molecule has 0 spiro atoms. The lowest BCUT2D eigenvalue weighted by Crippen LogP contribution is -2.33. The molecule has 174 valence electrons. The van der Waals surface area contributed by atoms with Gasteiger partial charge in [0.25, 0.3) is 11.8 Å². The number of rotatable bonds is 3. The zero-order chi connectivity index (χ0) is 22.9. The molecule has 4 heterocycles. The van der Waals surface area contributed by atoms with Gasteiger partial charge in [0, 0.05) is 57.9 Å². The summed E-state index contributed by atoms with van der Waals surface area (Å²) in [6.07, 6.45) is 5.17. The van der Waals surface area contributed by atoms with E-state index in [1.807, 2.05) is 54.2 Å². The summed E-state index contributed by atoms with van der Waals surface area (Å²) in [5.41, 5.74) is 11.0. The van der Waals surface area contributed by atoms with E-state index in [2.05, 4.69) is 26.6 Å². The number of nitrogens with two attached hydrogens (primary N) is 1. The number of carbonyl (C=O) groups is 2. The Labute approximate surface area is 211 Å². The summed E-state index contributed by atoms with van der Waals surface area (Å²) in [5, 5.41) is 1.87. The first-order valence-corrected chi connectivity index (χ1v) is 11.9. The van der Waals surface area contributed by atoms with Crippen LogP contribution in [0.4, 0.5) is 5.69 Å². The van der Waals surface area contributed by atoms with E-state index in [9.17, 15) is 9.59 Å². The van der Waals surface area contributed by atoms with Crippen LogP contribution in [0.2, 0.25) is 0 Å². The Morgan fingerprint density at radius 1 is 1.09 bits per heavy atom. The second-order valence-electron chi connectivity index (χ2n) is 8.91. The number of imide groups is 1. The fourth-order valence-corrected chi connectivity index (χ4v) is 5.75. The molecule has 0 bridgehead atoms. The topological polar surface area (TPSA) is 73.3 Å². The molecule has 2 aliphatic heterocycles. The Kier molecular flexibility index (Phi) is 5.67. The number of aryl methyl sites for hydroxylation is 2. The van der Waals surface area contributed by atoms with Gasteiger partial charge in [-0.3, -0.25) is 9.59 Å². The first-order valence-electron chi connectivity index (χ1n) is 11.1. The van der Waals surface area contributed by atoms with Crippen molar-refractivity contribution in [3.05, 3.63) is 70.5 Å². The number of halogens is 2. The molecule has 2 aromatic heterocycles. The molecule has 6 rings (SSSR count). The molecule has 2 amide bonds. The number of carbonyl (C=O) groups excluding carboxylic acids is 2. The van der Waals surface area contributed by atoms with Gasteiger partial charge in [-0.2, -0.15) is 0 Å². The first-order chi connectivity index (χ1) is 16.0. The predicted octanol–water partition coefficient (Wildman–Crippen LogP) is 4.80. The van der Waals surface area contributed by atoms with Crippen LogP contribution in [0.5, 0.6) is 0 Å². The molecule has 34 heavy (non-hydrogen) atoms. The minimum Gasteiger partial charge on any atom is -0.350 e. The van der Waals surface area contributed by atoms with Crippen LogP contribution in [0.15, 0.2) is 59.2 Å². The standard InChI is InChI=1S/C26H23BrN4O2.ClH/c1-29-14-20(18-11-16(27)6-7-21(18)29)19-12-24(32)31(26(19)33)25-17-4-2-3-5-22(17)30-9-8-15(13-28)10-23(25)30;/h2-7,11-12,14-15H,8-10,13,28H2,1H3;1H. The monoisotopic (exact) mass is 538 g/mol. The van der Waals surface area contributed by atoms with Gasteiger partial charge >= 0.3 is 0 Å². The Balaban J connectivity index is 0.00000241. The number of para-hydroxylation sites is 1. The van der Waals surface area contributed by atoms with E-state index < -0.39 is 0 Å². The number of anilines is 1. The number of hydrogen-bond donors (Lipinski definition) is 1. The van der Waals surface area contributed by atoms with Gasteiger partial charge in [0.2, 0.25) is 0 Å². The lowest BCUT2D eigenvalue weighted by Gasteiger charge is -2.26. The zero-order valence-electron chi connectivity index (χ0n) is 18.6. The van der Waals surface area contributed by atoms with Crippen LogP contribution in [0, 0.1) is 5.92 Å². The molecular formula is C26H24BrClN4O2. The molecule has 0 saturated carbocycles. The van der Waals surface area contributed by atoms with E-state index in [1.54, 1.807) is 0 Å². The lowest BCUT2D eigenvalue weighted by molar-refractivity contribution is -0.119. The summed E-state index contributed by atoms with van der Waals surface area (Å²) < 4.78 is 5.17. The van der Waals surface area contributed by atoms with E-state index in [-0.39, 0.29) is 24.2 Å². The van der Waals surface area contributed by atoms with Crippen LogP contribution in [0.1, 0.15) is 17.7 Å². The van der Waals surface area contributed by atoms with Crippen molar-refractivity contribution in [2.24, 2.45) is 18.7 Å². The summed E-state index contributed by atoms with van der Waals surface area (Å²) in [4.78, 5) is 28.5. The fraction of sp³-hybridized carbons (Fsp3) is 0.231. The Morgan fingerprint density at radius 2 is 1.88 bits per heavy atom. The summed E-state index contributed by atoms with van der Waals surface area (Å²) >= 11 is 3.53. The molecule has 1 atom stereocenters. The highest BCUT2D eigenvalue weighted by Crippen LogP contribution is 2.42. The third-order valence-electron chi connectivity index (χ3n) is 7.01. The molecule has 1 unspecified atom stereocenters. The minimum atomic E-state index is -0.295. The van der Waals surface area contributed by atoms with Crippen molar-refractivity contribution in [3.8, 4) is 0 Å². The van der Waals surface area contributed by atoms with Gasteiger partial charge in [-0.1, -0.05) is 34.1 Å². The zero-order valence-corrected chi connectivity index (χ0v) is 21.0. The molecule has 0 radical (unpaired) electrons.